The standard InChI is InChI=1S/C22H36N2O4/c1-5-6-11-28-20-8-7-18(15-21(20)26-4)22(25)23-16-19(14-17(2)3)24-9-12-27-13-10-24/h7-8,15,17,19H,5-6,9-14,16H2,1-4H3,(H,23,25). The van der Waals surface area contributed by atoms with Crippen LogP contribution >= 0.6 is 0 Å². The van der Waals surface area contributed by atoms with Gasteiger partial charge >= 0.3 is 0 Å². The van der Waals surface area contributed by atoms with Gasteiger partial charge in [-0.2, -0.15) is 0 Å². The zero-order valence-corrected chi connectivity index (χ0v) is 17.8. The van der Waals surface area contributed by atoms with E-state index >= 15 is 0 Å². The van der Waals surface area contributed by atoms with E-state index in [-0.39, 0.29) is 5.91 Å². The van der Waals surface area contributed by atoms with Crippen molar-refractivity contribution in [2.24, 2.45) is 5.92 Å². The number of carbonyl (C=O) groups excluding carboxylic acids is 1. The molecular formula is C22H36N2O4. The van der Waals surface area contributed by atoms with Gasteiger partial charge in [-0.15, -0.1) is 0 Å². The Bertz CT molecular complexity index is 600. The highest BCUT2D eigenvalue weighted by atomic mass is 16.5. The van der Waals surface area contributed by atoms with Crippen LogP contribution in [0, 0.1) is 5.92 Å². The molecule has 1 aliphatic heterocycles. The topological polar surface area (TPSA) is 60.0 Å². The molecule has 28 heavy (non-hydrogen) atoms. The van der Waals surface area contributed by atoms with Gasteiger partial charge in [-0.25, -0.2) is 0 Å². The molecule has 1 aromatic carbocycles. The minimum Gasteiger partial charge on any atom is -0.493 e. The van der Waals surface area contributed by atoms with Crippen molar-refractivity contribution in [1.29, 1.82) is 0 Å². The summed E-state index contributed by atoms with van der Waals surface area (Å²) in [7, 11) is 1.60. The Hall–Kier alpha value is -1.79. The molecule has 1 amide bonds. The second-order valence-electron chi connectivity index (χ2n) is 7.71. The number of carbonyl (C=O) groups is 1. The first-order chi connectivity index (χ1) is 13.5. The maximum Gasteiger partial charge on any atom is 0.251 e. The van der Waals surface area contributed by atoms with Gasteiger partial charge < -0.3 is 19.5 Å². The van der Waals surface area contributed by atoms with Crippen molar-refractivity contribution in [2.75, 3.05) is 46.6 Å². The summed E-state index contributed by atoms with van der Waals surface area (Å²) in [5, 5.41) is 3.11. The van der Waals surface area contributed by atoms with E-state index in [0.29, 0.717) is 42.2 Å². The molecule has 0 bridgehead atoms. The van der Waals surface area contributed by atoms with Gasteiger partial charge in [-0.1, -0.05) is 27.2 Å². The number of unbranched alkanes of at least 4 members (excludes halogenated alkanes) is 1. The molecule has 2 rings (SSSR count). The molecule has 1 N–H and O–H groups in total. The quantitative estimate of drug-likeness (QED) is 0.585. The summed E-state index contributed by atoms with van der Waals surface area (Å²) >= 11 is 0. The van der Waals surface area contributed by atoms with Crippen LogP contribution in [0.4, 0.5) is 0 Å². The van der Waals surface area contributed by atoms with Crippen molar-refractivity contribution in [3.05, 3.63) is 23.8 Å². The molecular weight excluding hydrogens is 356 g/mol. The van der Waals surface area contributed by atoms with Crippen LogP contribution in [0.2, 0.25) is 0 Å². The number of ether oxygens (including phenoxy) is 3. The number of nitrogens with one attached hydrogen (secondary N) is 1. The van der Waals surface area contributed by atoms with E-state index in [4.69, 9.17) is 14.2 Å². The second-order valence-corrected chi connectivity index (χ2v) is 7.71. The van der Waals surface area contributed by atoms with Crippen molar-refractivity contribution in [3.8, 4) is 11.5 Å². The van der Waals surface area contributed by atoms with Crippen LogP contribution in [-0.2, 0) is 4.74 Å². The highest BCUT2D eigenvalue weighted by Crippen LogP contribution is 2.28. The van der Waals surface area contributed by atoms with Crippen LogP contribution in [0.25, 0.3) is 0 Å². The molecule has 1 atom stereocenters. The fraction of sp³-hybridized carbons (Fsp3) is 0.682. The average Bonchev–Trinajstić information content (AvgIpc) is 2.71. The number of hydrogen-bond donors (Lipinski definition) is 1. The predicted molar refractivity (Wildman–Crippen MR) is 111 cm³/mol. The summed E-state index contributed by atoms with van der Waals surface area (Å²) in [4.78, 5) is 15.1. The first-order valence-corrected chi connectivity index (χ1v) is 10.5. The van der Waals surface area contributed by atoms with E-state index < -0.39 is 0 Å². The van der Waals surface area contributed by atoms with E-state index in [0.717, 1.165) is 45.6 Å². The molecule has 0 aromatic heterocycles. The lowest BCUT2D eigenvalue weighted by atomic mass is 10.0. The number of amides is 1. The van der Waals surface area contributed by atoms with Gasteiger partial charge in [-0.3, -0.25) is 9.69 Å². The highest BCUT2D eigenvalue weighted by Gasteiger charge is 2.23. The molecule has 1 fully saturated rings. The lowest BCUT2D eigenvalue weighted by Crippen LogP contribution is -2.49. The Labute approximate surface area is 169 Å². The Balaban J connectivity index is 1.97. The first-order valence-electron chi connectivity index (χ1n) is 10.5. The number of morpholine rings is 1. The van der Waals surface area contributed by atoms with Gasteiger partial charge in [0.05, 0.1) is 26.9 Å². The highest BCUT2D eigenvalue weighted by molar-refractivity contribution is 5.94. The molecule has 6 heteroatoms. The second kappa shape index (κ2) is 11.9. The fourth-order valence-corrected chi connectivity index (χ4v) is 3.42. The maximum atomic E-state index is 12.7. The lowest BCUT2D eigenvalue weighted by Gasteiger charge is -2.35. The Kier molecular flexibility index (Phi) is 9.58. The van der Waals surface area contributed by atoms with Crippen molar-refractivity contribution in [2.45, 2.75) is 46.1 Å². The summed E-state index contributed by atoms with van der Waals surface area (Å²) in [6, 6.07) is 5.69. The number of methoxy groups -OCH3 is 1. The van der Waals surface area contributed by atoms with Crippen molar-refractivity contribution < 1.29 is 19.0 Å². The third-order valence-corrected chi connectivity index (χ3v) is 4.99. The number of nitrogens with zero attached hydrogens (tertiary/aromatic N) is 1. The van der Waals surface area contributed by atoms with Gasteiger partial charge in [0.25, 0.3) is 5.91 Å². The van der Waals surface area contributed by atoms with E-state index in [2.05, 4.69) is 31.0 Å². The number of rotatable bonds is 11. The molecule has 1 heterocycles. The van der Waals surface area contributed by atoms with Crippen LogP contribution in [0.3, 0.4) is 0 Å². The first kappa shape index (κ1) is 22.5. The smallest absolute Gasteiger partial charge is 0.251 e. The monoisotopic (exact) mass is 392 g/mol. The third kappa shape index (κ3) is 6.99. The lowest BCUT2D eigenvalue weighted by molar-refractivity contribution is 0.0124. The molecule has 0 spiro atoms. The van der Waals surface area contributed by atoms with Gasteiger partial charge in [0.1, 0.15) is 0 Å². The minimum absolute atomic E-state index is 0.0829. The SMILES string of the molecule is CCCCOc1ccc(C(=O)NCC(CC(C)C)N2CCOCC2)cc1OC. The average molecular weight is 393 g/mol. The summed E-state index contributed by atoms with van der Waals surface area (Å²) in [6.07, 6.45) is 3.11. The predicted octanol–water partition coefficient (Wildman–Crippen LogP) is 3.35. The van der Waals surface area contributed by atoms with E-state index in [1.165, 1.54) is 0 Å². The Morgan fingerprint density at radius 1 is 1.25 bits per heavy atom. The molecule has 6 nitrogen and oxygen atoms in total. The summed E-state index contributed by atoms with van der Waals surface area (Å²) < 4.78 is 16.6. The molecule has 1 saturated heterocycles. The van der Waals surface area contributed by atoms with Gasteiger partial charge in [0.2, 0.25) is 0 Å². The normalized spacial score (nSPS) is 16.0. The molecule has 158 valence electrons. The molecule has 0 radical (unpaired) electrons. The van der Waals surface area contributed by atoms with Gasteiger partial charge in [0, 0.05) is 31.2 Å². The van der Waals surface area contributed by atoms with Crippen LogP contribution in [-0.4, -0.2) is 63.4 Å². The zero-order chi connectivity index (χ0) is 20.4. The zero-order valence-electron chi connectivity index (χ0n) is 17.8. The molecule has 1 unspecified atom stereocenters. The molecule has 1 aromatic rings. The summed E-state index contributed by atoms with van der Waals surface area (Å²) in [5.74, 6) is 1.76. The van der Waals surface area contributed by atoms with Crippen molar-refractivity contribution in [1.82, 2.24) is 10.2 Å². The number of hydrogen-bond acceptors (Lipinski definition) is 5. The van der Waals surface area contributed by atoms with Crippen LogP contribution in [0.5, 0.6) is 11.5 Å². The largest absolute Gasteiger partial charge is 0.493 e. The minimum atomic E-state index is -0.0829. The number of benzene rings is 1. The molecule has 0 aliphatic carbocycles. The van der Waals surface area contributed by atoms with Crippen LogP contribution < -0.4 is 14.8 Å². The summed E-state index contributed by atoms with van der Waals surface area (Å²) in [5.41, 5.74) is 0.588. The molecule has 1 aliphatic rings. The molecule has 0 saturated carbocycles. The van der Waals surface area contributed by atoms with Crippen molar-refractivity contribution >= 4 is 5.91 Å². The maximum absolute atomic E-state index is 12.7. The Morgan fingerprint density at radius 3 is 2.64 bits per heavy atom. The Morgan fingerprint density at radius 2 is 2.00 bits per heavy atom. The van der Waals surface area contributed by atoms with E-state index in [9.17, 15) is 4.79 Å². The van der Waals surface area contributed by atoms with Crippen LogP contribution in [0.15, 0.2) is 18.2 Å². The van der Waals surface area contributed by atoms with Gasteiger partial charge in [-0.05, 0) is 37.0 Å². The summed E-state index contributed by atoms with van der Waals surface area (Å²) in [6.45, 7) is 11.2. The fourth-order valence-electron chi connectivity index (χ4n) is 3.42. The van der Waals surface area contributed by atoms with Crippen molar-refractivity contribution in [3.63, 3.8) is 0 Å². The van der Waals surface area contributed by atoms with E-state index in [1.807, 2.05) is 6.07 Å². The van der Waals surface area contributed by atoms with Gasteiger partial charge in [0.15, 0.2) is 11.5 Å². The van der Waals surface area contributed by atoms with Crippen LogP contribution in [0.1, 0.15) is 50.4 Å². The van der Waals surface area contributed by atoms with E-state index in [1.54, 1.807) is 19.2 Å². The third-order valence-electron chi connectivity index (χ3n) is 4.99.